The zero-order valence-corrected chi connectivity index (χ0v) is 47.9. The Kier molecular flexibility index (Phi) is 18.5. The fourth-order valence-corrected chi connectivity index (χ4v) is 9.81. The Hall–Kier alpha value is -6.90. The summed E-state index contributed by atoms with van der Waals surface area (Å²) in [5, 5.41) is 4.36. The van der Waals surface area contributed by atoms with E-state index >= 15 is 0 Å². The predicted molar refractivity (Wildman–Crippen MR) is 282 cm³/mol. The summed E-state index contributed by atoms with van der Waals surface area (Å²) in [6.07, 6.45) is 10.5. The second-order valence-corrected chi connectivity index (χ2v) is 18.0. The van der Waals surface area contributed by atoms with E-state index in [0.717, 1.165) is 5.52 Å². The van der Waals surface area contributed by atoms with Crippen molar-refractivity contribution < 1.29 is 83.4 Å². The van der Waals surface area contributed by atoms with E-state index in [4.69, 9.17) is 0 Å². The maximum absolute atomic E-state index is 4.18. The van der Waals surface area contributed by atoms with Crippen molar-refractivity contribution in [1.29, 1.82) is 0 Å². The van der Waals surface area contributed by atoms with Gasteiger partial charge in [0.05, 0.1) is 44.4 Å². The van der Waals surface area contributed by atoms with Crippen LogP contribution in [-0.2, 0) is 48.3 Å². The van der Waals surface area contributed by atoms with Crippen LogP contribution in [0.25, 0.3) is 44.1 Å². The molecule has 18 heteroatoms. The van der Waals surface area contributed by atoms with Crippen molar-refractivity contribution in [3.63, 3.8) is 0 Å². The average Bonchev–Trinajstić information content (AvgIpc) is 4.29. The third-order valence-electron chi connectivity index (χ3n) is 13.3. The van der Waals surface area contributed by atoms with Gasteiger partial charge in [0.1, 0.15) is 0 Å². The summed E-state index contributed by atoms with van der Waals surface area (Å²) in [6.45, 7) is 6.46. The summed E-state index contributed by atoms with van der Waals surface area (Å²) in [4.78, 5) is 8.47. The molecule has 0 N–H and O–H groups in total. The van der Waals surface area contributed by atoms with Crippen LogP contribution in [0.15, 0.2) is 195 Å². The van der Waals surface area contributed by atoms with Crippen LogP contribution in [0.2, 0.25) is 0 Å². The van der Waals surface area contributed by atoms with Crippen molar-refractivity contribution >= 4 is 78.8 Å². The van der Waals surface area contributed by atoms with E-state index in [1.54, 1.807) is 0 Å². The minimum absolute atomic E-state index is 0. The van der Waals surface area contributed by atoms with Crippen molar-refractivity contribution in [2.75, 3.05) is 33.9 Å². The summed E-state index contributed by atoms with van der Waals surface area (Å²) in [7, 11) is 12.4. The molecule has 0 aliphatic carbocycles. The van der Waals surface area contributed by atoms with E-state index in [0.29, 0.717) is 5.92 Å². The van der Waals surface area contributed by atoms with Gasteiger partial charge < -0.3 is 74.0 Å². The first kappa shape index (κ1) is 57.4. The fraction of sp³-hybridized carbons (Fsp3) is 0.140. The number of benzene rings is 7. The smallest absolute Gasteiger partial charge is 0.308 e. The summed E-state index contributed by atoms with van der Waals surface area (Å²) in [5.41, 5.74) is 17.0. The molecule has 14 rings (SSSR count). The Morgan fingerprint density at radius 1 is 0.453 bits per heavy atom. The number of rotatable bonds is 3. The molecule has 1 radical (unpaired) electrons. The second-order valence-electron chi connectivity index (χ2n) is 18.0. The monoisotopic (exact) mass is 1260 g/mol. The molecule has 0 fully saturated rings. The minimum Gasteiger partial charge on any atom is -1.00 e. The van der Waals surface area contributed by atoms with E-state index in [-0.39, 0.29) is 69.7 Å². The second kappa shape index (κ2) is 24.2. The Balaban J connectivity index is 0.000000163. The fourth-order valence-electron chi connectivity index (χ4n) is 9.81. The molecule has 0 spiro atoms. The first-order chi connectivity index (χ1) is 34.1. The SMILES string of the molecule is CC1C=[N+](n2c[n+](C)c3ccccc32)c2ccccc21.CN1[CH-]N(N2[CH-]N(C)c3ccccc32)c2ccccc21.C[n+]1cn(-n2c[n+](C)c3ccccc32)c2ccccc21.Cn1cnc2ccccc21.[Cl-].[Cl-].[Cl-].[Cl-].[Ir]. The average molecular weight is 1260 g/mol. The molecule has 4 aromatic heterocycles. The zero-order valence-electron chi connectivity index (χ0n) is 42.4. The van der Waals surface area contributed by atoms with Gasteiger partial charge in [-0.1, -0.05) is 91.0 Å². The number of fused-ring (bicyclic) bond motifs is 7. The van der Waals surface area contributed by atoms with Crippen molar-refractivity contribution in [1.82, 2.24) is 28.3 Å². The number of hydrazine groups is 1. The number of hydrogen-bond acceptors (Lipinski definition) is 5. The summed E-state index contributed by atoms with van der Waals surface area (Å²) < 4.78 is 17.3. The first-order valence-electron chi connectivity index (χ1n) is 23.5. The zero-order chi connectivity index (χ0) is 48.0. The molecule has 3 aliphatic rings. The van der Waals surface area contributed by atoms with Gasteiger partial charge in [0.25, 0.3) is 18.3 Å². The molecule has 0 amide bonds. The van der Waals surface area contributed by atoms with Crippen LogP contribution in [0.3, 0.4) is 0 Å². The third kappa shape index (κ3) is 10.7. The van der Waals surface area contributed by atoms with Crippen LogP contribution in [0.1, 0.15) is 18.4 Å². The van der Waals surface area contributed by atoms with Crippen LogP contribution in [0, 0.1) is 13.3 Å². The van der Waals surface area contributed by atoms with Crippen molar-refractivity contribution in [3.05, 3.63) is 214 Å². The summed E-state index contributed by atoms with van der Waals surface area (Å²) >= 11 is 0. The summed E-state index contributed by atoms with van der Waals surface area (Å²) in [5.74, 6) is 0.442. The van der Waals surface area contributed by atoms with E-state index in [9.17, 15) is 0 Å². The number of hydrogen-bond donors (Lipinski definition) is 0. The van der Waals surface area contributed by atoms with Gasteiger partial charge in [-0.05, 0) is 108 Å². The van der Waals surface area contributed by atoms with Gasteiger partial charge in [0.2, 0.25) is 22.8 Å². The molecule has 389 valence electrons. The topological polar surface area (TPSA) is 60.2 Å². The van der Waals surface area contributed by atoms with Crippen LogP contribution in [0.4, 0.5) is 28.4 Å². The van der Waals surface area contributed by atoms with Crippen molar-refractivity contribution in [3.8, 4) is 0 Å². The van der Waals surface area contributed by atoms with E-state index < -0.39 is 0 Å². The molecule has 7 heterocycles. The molecule has 11 aromatic rings. The van der Waals surface area contributed by atoms with Gasteiger partial charge >= 0.3 is 6.33 Å². The standard InChI is InChI=1S/C17H17N3.2C16H16N4.C8H8N2.4ClH.Ir/c1-13-11-19(15-8-4-3-7-14(13)15)20-12-18(2)16-9-5-6-10-17(16)20;2*1-17-11-19(15-9-5-3-7-13(15)17)20-12-18(2)14-8-4-6-10-16(14)20;1-10-6-9-7-4-2-3-5-8(7)10;;;;;/h3-13H,1-2H3;2*3-12H,1-2H3;2-6H,1H3;4*1H;/q+2;-2;+2;;;;;;/p-4. The van der Waals surface area contributed by atoms with Gasteiger partial charge in [-0.15, -0.1) is 13.3 Å². The molecular formula is C57H57Cl4IrN13-2. The Bertz CT molecular complexity index is 3620. The van der Waals surface area contributed by atoms with E-state index in [1.807, 2.05) is 36.1 Å². The van der Waals surface area contributed by atoms with E-state index in [1.165, 1.54) is 72.6 Å². The number of aromatic nitrogens is 8. The first-order valence-corrected chi connectivity index (χ1v) is 23.5. The number of nitrogens with zero attached hydrogens (tertiary/aromatic N) is 13. The molecule has 1 atom stereocenters. The van der Waals surface area contributed by atoms with Crippen LogP contribution in [-0.4, -0.2) is 43.9 Å². The Morgan fingerprint density at radius 2 is 0.853 bits per heavy atom. The van der Waals surface area contributed by atoms with Gasteiger partial charge in [-0.3, -0.25) is 0 Å². The van der Waals surface area contributed by atoms with Crippen LogP contribution >= 0.6 is 0 Å². The number of para-hydroxylation sites is 13. The van der Waals surface area contributed by atoms with Crippen LogP contribution in [0.5, 0.6) is 0 Å². The third-order valence-corrected chi connectivity index (χ3v) is 13.3. The van der Waals surface area contributed by atoms with Crippen molar-refractivity contribution in [2.45, 2.75) is 12.8 Å². The predicted octanol–water partition coefficient (Wildman–Crippen LogP) is -3.18. The molecule has 0 saturated heterocycles. The Labute approximate surface area is 476 Å². The number of imidazole rings is 4. The number of aryl methyl sites for hydroxylation is 4. The Morgan fingerprint density at radius 3 is 1.37 bits per heavy atom. The quantitative estimate of drug-likeness (QED) is 0.138. The molecule has 7 aromatic carbocycles. The molecule has 75 heavy (non-hydrogen) atoms. The molecule has 1 unspecified atom stereocenters. The maximum atomic E-state index is 4.18. The largest absolute Gasteiger partial charge is 1.00 e. The van der Waals surface area contributed by atoms with Crippen molar-refractivity contribution in [2.24, 2.45) is 28.2 Å². The van der Waals surface area contributed by atoms with Gasteiger partial charge in [-0.2, -0.15) is 0 Å². The molecule has 0 saturated carbocycles. The van der Waals surface area contributed by atoms with Gasteiger partial charge in [-0.25, -0.2) is 18.7 Å². The van der Waals surface area contributed by atoms with Gasteiger partial charge in [0, 0.05) is 66.2 Å². The molecule has 0 bridgehead atoms. The van der Waals surface area contributed by atoms with Crippen LogP contribution < -0.4 is 87.8 Å². The number of anilines is 4. The molecule has 13 nitrogen and oxygen atoms in total. The number of halogens is 4. The normalized spacial score (nSPS) is 13.5. The van der Waals surface area contributed by atoms with Gasteiger partial charge in [0.15, 0.2) is 16.6 Å². The minimum atomic E-state index is 0. The molecule has 3 aliphatic heterocycles. The van der Waals surface area contributed by atoms with E-state index in [2.05, 4.69) is 290 Å². The molecular weight excluding hydrogens is 1200 g/mol. The summed E-state index contributed by atoms with van der Waals surface area (Å²) in [6, 6.07) is 58.9. The maximum Gasteiger partial charge on any atom is 0.308 e.